The zero-order chi connectivity index (χ0) is 20.3. The first kappa shape index (κ1) is 20.7. The van der Waals surface area contributed by atoms with Crippen molar-refractivity contribution in [2.45, 2.75) is 97.6 Å². The van der Waals surface area contributed by atoms with Gasteiger partial charge in [-0.2, -0.15) is 0 Å². The third kappa shape index (κ3) is 3.06. The van der Waals surface area contributed by atoms with Crippen LogP contribution < -0.4 is 0 Å². The summed E-state index contributed by atoms with van der Waals surface area (Å²) in [5, 5.41) is 0. The van der Waals surface area contributed by atoms with Crippen molar-refractivity contribution in [2.75, 3.05) is 13.2 Å². The number of rotatable bonds is 1. The van der Waals surface area contributed by atoms with E-state index in [1.54, 1.807) is 5.57 Å². The molecule has 0 aromatic rings. The average molecular weight is 401 g/mol. The quantitative estimate of drug-likeness (QED) is 0.291. The molecule has 0 radical (unpaired) electrons. The van der Waals surface area contributed by atoms with Crippen LogP contribution in [0.5, 0.6) is 0 Å². The molecular weight excluding hydrogens is 360 g/mol. The molecule has 3 fully saturated rings. The standard InChI is InChI=1S/C25H40O2Si/c1-22(2)20-11-14-24(13-9-19-28(4,5)6)12-8-7-10-21(24)23(20,3)15-16-25(22)26-17-18-27-25/h10,20H,7-8,11-18H2,1-6H3/t20?,23?,24-/m0/s1. The number of allylic oxidation sites excluding steroid dienone is 2. The average Bonchev–Trinajstić information content (AvgIpc) is 3.09. The van der Waals surface area contributed by atoms with Crippen LogP contribution in [0.2, 0.25) is 19.6 Å². The highest BCUT2D eigenvalue weighted by Gasteiger charge is 2.65. The lowest BCUT2D eigenvalue weighted by Crippen LogP contribution is -2.62. The molecule has 156 valence electrons. The van der Waals surface area contributed by atoms with Gasteiger partial charge in [-0.15, -0.1) is 11.5 Å². The molecule has 3 aliphatic carbocycles. The molecule has 0 aromatic heterocycles. The van der Waals surface area contributed by atoms with Gasteiger partial charge >= 0.3 is 0 Å². The maximum Gasteiger partial charge on any atom is 0.173 e. The largest absolute Gasteiger partial charge is 0.347 e. The minimum atomic E-state index is -1.31. The minimum Gasteiger partial charge on any atom is -0.347 e. The maximum atomic E-state index is 6.29. The molecule has 2 saturated carbocycles. The van der Waals surface area contributed by atoms with E-state index in [9.17, 15) is 0 Å². The van der Waals surface area contributed by atoms with Crippen molar-refractivity contribution < 1.29 is 9.47 Å². The predicted molar refractivity (Wildman–Crippen MR) is 119 cm³/mol. The molecule has 28 heavy (non-hydrogen) atoms. The first-order chi connectivity index (χ1) is 13.0. The molecule has 1 aliphatic heterocycles. The van der Waals surface area contributed by atoms with Crippen molar-refractivity contribution in [3.8, 4) is 11.5 Å². The molecule has 3 atom stereocenters. The van der Waals surface area contributed by atoms with Crippen molar-refractivity contribution in [3.63, 3.8) is 0 Å². The van der Waals surface area contributed by atoms with Gasteiger partial charge in [0.25, 0.3) is 0 Å². The molecule has 0 N–H and O–H groups in total. The Hall–Kier alpha value is -0.563. The van der Waals surface area contributed by atoms with Crippen molar-refractivity contribution in [1.29, 1.82) is 0 Å². The Kier molecular flexibility index (Phi) is 4.97. The van der Waals surface area contributed by atoms with E-state index in [4.69, 9.17) is 9.47 Å². The normalized spacial score (nSPS) is 38.8. The van der Waals surface area contributed by atoms with Crippen LogP contribution >= 0.6 is 0 Å². The fraction of sp³-hybridized carbons (Fsp3) is 0.840. The molecule has 3 heteroatoms. The van der Waals surface area contributed by atoms with Gasteiger partial charge in [0.2, 0.25) is 0 Å². The van der Waals surface area contributed by atoms with Crippen LogP contribution in [0.1, 0.15) is 72.1 Å². The Bertz CT molecular complexity index is 713. The van der Waals surface area contributed by atoms with Crippen LogP contribution in [-0.4, -0.2) is 27.1 Å². The lowest BCUT2D eigenvalue weighted by molar-refractivity contribution is -0.285. The molecule has 4 aliphatic rings. The second kappa shape index (κ2) is 6.72. The van der Waals surface area contributed by atoms with Crippen LogP contribution in [0.25, 0.3) is 0 Å². The summed E-state index contributed by atoms with van der Waals surface area (Å²) < 4.78 is 12.6. The second-order valence-corrected chi connectivity index (χ2v) is 16.4. The van der Waals surface area contributed by atoms with Gasteiger partial charge in [-0.25, -0.2) is 0 Å². The van der Waals surface area contributed by atoms with Gasteiger partial charge in [-0.1, -0.05) is 52.1 Å². The summed E-state index contributed by atoms with van der Waals surface area (Å²) in [5.74, 6) is 3.95. The zero-order valence-corrected chi connectivity index (χ0v) is 20.0. The van der Waals surface area contributed by atoms with Crippen molar-refractivity contribution in [1.82, 2.24) is 0 Å². The molecule has 0 bridgehead atoms. The van der Waals surface area contributed by atoms with E-state index in [1.165, 1.54) is 38.5 Å². The van der Waals surface area contributed by atoms with Gasteiger partial charge in [-0.05, 0) is 49.9 Å². The lowest BCUT2D eigenvalue weighted by atomic mass is 9.42. The van der Waals surface area contributed by atoms with Crippen LogP contribution in [-0.2, 0) is 9.47 Å². The summed E-state index contributed by atoms with van der Waals surface area (Å²) >= 11 is 0. The molecule has 0 aromatic carbocycles. The summed E-state index contributed by atoms with van der Waals surface area (Å²) in [4.78, 5) is 0. The zero-order valence-electron chi connectivity index (χ0n) is 19.0. The van der Waals surface area contributed by atoms with E-state index in [-0.39, 0.29) is 16.6 Å². The molecule has 2 unspecified atom stereocenters. The highest BCUT2D eigenvalue weighted by Crippen LogP contribution is 2.69. The summed E-state index contributed by atoms with van der Waals surface area (Å²) in [6, 6.07) is 0. The Morgan fingerprint density at radius 1 is 1.04 bits per heavy atom. The number of hydrogen-bond acceptors (Lipinski definition) is 2. The third-order valence-corrected chi connectivity index (χ3v) is 9.47. The van der Waals surface area contributed by atoms with E-state index in [2.05, 4.69) is 58.0 Å². The Balaban J connectivity index is 1.69. The number of fused-ring (bicyclic) bond motifs is 3. The van der Waals surface area contributed by atoms with Crippen LogP contribution in [0.4, 0.5) is 0 Å². The van der Waals surface area contributed by atoms with Gasteiger partial charge < -0.3 is 9.47 Å². The monoisotopic (exact) mass is 400 g/mol. The van der Waals surface area contributed by atoms with Gasteiger partial charge in [0.05, 0.1) is 13.2 Å². The predicted octanol–water partition coefficient (Wildman–Crippen LogP) is 6.33. The lowest BCUT2D eigenvalue weighted by Gasteiger charge is -2.64. The fourth-order valence-electron chi connectivity index (χ4n) is 7.26. The summed E-state index contributed by atoms with van der Waals surface area (Å²) in [5.41, 5.74) is 6.06. The van der Waals surface area contributed by atoms with Gasteiger partial charge in [0.15, 0.2) is 5.79 Å². The topological polar surface area (TPSA) is 18.5 Å². The summed E-state index contributed by atoms with van der Waals surface area (Å²) in [6.07, 6.45) is 12.4. The molecule has 2 nitrogen and oxygen atoms in total. The summed E-state index contributed by atoms with van der Waals surface area (Å²) in [7, 11) is -1.31. The van der Waals surface area contributed by atoms with Crippen molar-refractivity contribution in [2.24, 2.45) is 22.2 Å². The summed E-state index contributed by atoms with van der Waals surface area (Å²) in [6.45, 7) is 16.0. The van der Waals surface area contributed by atoms with Gasteiger partial charge in [0.1, 0.15) is 8.07 Å². The molecule has 4 rings (SSSR count). The van der Waals surface area contributed by atoms with Crippen molar-refractivity contribution >= 4 is 8.07 Å². The Labute approximate surface area is 173 Å². The van der Waals surface area contributed by atoms with Crippen LogP contribution in [0.3, 0.4) is 0 Å². The Morgan fingerprint density at radius 3 is 2.43 bits per heavy atom. The van der Waals surface area contributed by atoms with Gasteiger partial charge in [-0.3, -0.25) is 0 Å². The highest BCUT2D eigenvalue weighted by atomic mass is 28.3. The smallest absolute Gasteiger partial charge is 0.173 e. The van der Waals surface area contributed by atoms with E-state index in [0.717, 1.165) is 26.1 Å². The molecular formula is C25H40O2Si. The van der Waals surface area contributed by atoms with Crippen LogP contribution in [0, 0.1) is 33.6 Å². The van der Waals surface area contributed by atoms with E-state index in [1.807, 2.05) is 0 Å². The third-order valence-electron chi connectivity index (χ3n) is 8.55. The Morgan fingerprint density at radius 2 is 1.75 bits per heavy atom. The van der Waals surface area contributed by atoms with Crippen LogP contribution in [0.15, 0.2) is 11.6 Å². The fourth-order valence-corrected chi connectivity index (χ4v) is 7.88. The second-order valence-electron chi connectivity index (χ2n) is 11.7. The van der Waals surface area contributed by atoms with Gasteiger partial charge in [0, 0.05) is 23.7 Å². The molecule has 0 amide bonds. The number of ether oxygens (including phenoxy) is 2. The molecule has 1 heterocycles. The highest BCUT2D eigenvalue weighted by molar-refractivity contribution is 6.83. The molecule has 1 saturated heterocycles. The maximum absolute atomic E-state index is 6.29. The minimum absolute atomic E-state index is 0.0466. The number of hydrogen-bond donors (Lipinski definition) is 0. The van der Waals surface area contributed by atoms with E-state index >= 15 is 0 Å². The first-order valence-corrected chi connectivity index (χ1v) is 15.0. The SMILES string of the molecule is CC12CCC3(OCCO3)C(C)(C)C1CC[C@@]1(CC#C[Si](C)(C)C)CCCC=C21. The first-order valence-electron chi connectivity index (χ1n) is 11.5. The van der Waals surface area contributed by atoms with Crippen molar-refractivity contribution in [3.05, 3.63) is 11.6 Å². The van der Waals surface area contributed by atoms with E-state index in [0.29, 0.717) is 11.3 Å². The molecule has 1 spiro atoms. The van der Waals surface area contributed by atoms with E-state index < -0.39 is 8.07 Å².